The first kappa shape index (κ1) is 31.7. The van der Waals surface area contributed by atoms with Crippen molar-refractivity contribution in [2.75, 3.05) is 0 Å². The van der Waals surface area contributed by atoms with Crippen LogP contribution < -0.4 is 0 Å². The summed E-state index contributed by atoms with van der Waals surface area (Å²) in [6, 6.07) is 72.4. The minimum Gasteiger partial charge on any atom is -0.135 e. The zero-order valence-corrected chi connectivity index (χ0v) is 31.9. The highest BCUT2D eigenvalue weighted by Gasteiger charge is 2.21. The van der Waals surface area contributed by atoms with Crippen molar-refractivity contribution in [2.24, 2.45) is 0 Å². The van der Waals surface area contributed by atoms with Gasteiger partial charge in [-0.2, -0.15) is 0 Å². The molecule has 0 spiro atoms. The first-order valence-electron chi connectivity index (χ1n) is 19.2. The Labute approximate surface area is 332 Å². The first-order valence-corrected chi connectivity index (χ1v) is 20.8. The lowest BCUT2D eigenvalue weighted by Gasteiger charge is -2.19. The van der Waals surface area contributed by atoms with Crippen molar-refractivity contribution < 1.29 is 0 Å². The highest BCUT2D eigenvalue weighted by Crippen LogP contribution is 2.49. The molecule has 12 aromatic rings. The maximum absolute atomic E-state index is 2.50. The third kappa shape index (κ3) is 4.77. The molecule has 0 aliphatic rings. The average molecular weight is 745 g/mol. The second-order valence-electron chi connectivity index (χ2n) is 14.7. The van der Waals surface area contributed by atoms with Crippen molar-refractivity contribution >= 4 is 95.3 Å². The molecular weight excluding hydrogens is 713 g/mol. The van der Waals surface area contributed by atoms with Crippen LogP contribution in [0.3, 0.4) is 0 Å². The van der Waals surface area contributed by atoms with E-state index >= 15 is 0 Å². The van der Waals surface area contributed by atoms with Crippen LogP contribution in [-0.4, -0.2) is 0 Å². The van der Waals surface area contributed by atoms with Crippen molar-refractivity contribution in [1.29, 1.82) is 0 Å². The van der Waals surface area contributed by atoms with Gasteiger partial charge < -0.3 is 0 Å². The van der Waals surface area contributed by atoms with E-state index in [1.807, 2.05) is 22.7 Å². The smallest absolute Gasteiger partial charge is 0.0361 e. The van der Waals surface area contributed by atoms with Crippen LogP contribution in [0.25, 0.3) is 117 Å². The molecule has 56 heavy (non-hydrogen) atoms. The van der Waals surface area contributed by atoms with Gasteiger partial charge in [-0.1, -0.05) is 152 Å². The lowest BCUT2D eigenvalue weighted by atomic mass is 9.84. The number of hydrogen-bond acceptors (Lipinski definition) is 2. The van der Waals surface area contributed by atoms with Crippen LogP contribution in [0, 0.1) is 0 Å². The van der Waals surface area contributed by atoms with Gasteiger partial charge in [-0.3, -0.25) is 0 Å². The van der Waals surface area contributed by atoms with Crippen molar-refractivity contribution in [1.82, 2.24) is 0 Å². The molecule has 0 radical (unpaired) electrons. The molecule has 0 amide bonds. The van der Waals surface area contributed by atoms with E-state index in [0.29, 0.717) is 0 Å². The van der Waals surface area contributed by atoms with E-state index in [2.05, 4.69) is 194 Å². The molecule has 0 aliphatic carbocycles. The molecule has 0 aliphatic heterocycles. The quantitative estimate of drug-likeness (QED) is 0.157. The van der Waals surface area contributed by atoms with Crippen molar-refractivity contribution in [3.8, 4) is 44.5 Å². The predicted octanol–water partition coefficient (Wildman–Crippen LogP) is 16.5. The zero-order valence-electron chi connectivity index (χ0n) is 30.3. The summed E-state index contributed by atoms with van der Waals surface area (Å²) in [5, 5.41) is 12.9. The standard InChI is InChI=1S/C54H32S2/c1-2-14-33(15-3-1)45-31-35(30-34-16-4-5-17-36(34)45)52-41-22-10-20-37(39-24-12-28-50-53(39)43-18-6-8-26-48(43)55-50)46(41)32-47-38(21-11-23-42(47)52)40-25-13-29-51-54(40)44-19-7-9-27-49(44)56-51/h1-32H. The number of rotatable bonds is 4. The topological polar surface area (TPSA) is 0 Å². The van der Waals surface area contributed by atoms with Gasteiger partial charge in [0.15, 0.2) is 0 Å². The van der Waals surface area contributed by atoms with Gasteiger partial charge >= 0.3 is 0 Å². The minimum atomic E-state index is 1.23. The van der Waals surface area contributed by atoms with E-state index in [-0.39, 0.29) is 0 Å². The molecule has 0 saturated heterocycles. The van der Waals surface area contributed by atoms with Crippen LogP contribution in [0.1, 0.15) is 0 Å². The molecule has 0 saturated carbocycles. The third-order valence-electron chi connectivity index (χ3n) is 11.7. The SMILES string of the molecule is c1ccc(-c2cc(-c3c4cccc(-c5cccc6sc7ccccc7c56)c4cc4c(-c5cccc6sc7ccccc7c56)cccc34)cc3ccccc23)cc1. The van der Waals surface area contributed by atoms with Gasteiger partial charge in [0.2, 0.25) is 0 Å². The fraction of sp³-hybridized carbons (Fsp3) is 0. The fourth-order valence-corrected chi connectivity index (χ4v) is 11.5. The van der Waals surface area contributed by atoms with E-state index in [0.717, 1.165) is 0 Å². The van der Waals surface area contributed by atoms with Crippen LogP contribution in [0.4, 0.5) is 0 Å². The average Bonchev–Trinajstić information content (AvgIpc) is 3.84. The third-order valence-corrected chi connectivity index (χ3v) is 13.9. The fourth-order valence-electron chi connectivity index (χ4n) is 9.26. The van der Waals surface area contributed by atoms with Gasteiger partial charge in [0.1, 0.15) is 0 Å². The maximum atomic E-state index is 2.50. The molecule has 2 heterocycles. The molecule has 0 atom stereocenters. The maximum Gasteiger partial charge on any atom is 0.0361 e. The van der Waals surface area contributed by atoms with Crippen molar-refractivity contribution in [2.45, 2.75) is 0 Å². The second kappa shape index (κ2) is 12.5. The van der Waals surface area contributed by atoms with Gasteiger partial charge in [-0.05, 0) is 119 Å². The second-order valence-corrected chi connectivity index (χ2v) is 16.9. The molecule has 0 nitrogen and oxygen atoms in total. The first-order chi connectivity index (χ1) is 27.8. The summed E-state index contributed by atoms with van der Waals surface area (Å²) in [7, 11) is 0. The summed E-state index contributed by atoms with van der Waals surface area (Å²) in [6.45, 7) is 0. The Morgan fingerprint density at radius 1 is 0.250 bits per heavy atom. The Kier molecular flexibility index (Phi) is 7.07. The van der Waals surface area contributed by atoms with E-state index < -0.39 is 0 Å². The highest BCUT2D eigenvalue weighted by atomic mass is 32.1. The van der Waals surface area contributed by atoms with Crippen LogP contribution in [0.5, 0.6) is 0 Å². The lowest BCUT2D eigenvalue weighted by molar-refractivity contribution is 1.64. The number of fused-ring (bicyclic) bond motifs is 9. The largest absolute Gasteiger partial charge is 0.135 e. The van der Waals surface area contributed by atoms with Gasteiger partial charge in [0, 0.05) is 40.3 Å². The van der Waals surface area contributed by atoms with Crippen molar-refractivity contribution in [3.63, 3.8) is 0 Å². The number of thiophene rings is 2. The molecule has 0 bridgehead atoms. The normalized spacial score (nSPS) is 11.9. The van der Waals surface area contributed by atoms with Crippen LogP contribution in [0.2, 0.25) is 0 Å². The monoisotopic (exact) mass is 744 g/mol. The molecule has 10 aromatic carbocycles. The van der Waals surface area contributed by atoms with E-state index in [1.165, 1.54) is 117 Å². The van der Waals surface area contributed by atoms with Crippen LogP contribution in [-0.2, 0) is 0 Å². The van der Waals surface area contributed by atoms with Crippen molar-refractivity contribution in [3.05, 3.63) is 194 Å². The molecular formula is C54H32S2. The number of benzene rings is 10. The Morgan fingerprint density at radius 3 is 1.32 bits per heavy atom. The van der Waals surface area contributed by atoms with E-state index in [9.17, 15) is 0 Å². The lowest BCUT2D eigenvalue weighted by Crippen LogP contribution is -1.92. The molecule has 2 heteroatoms. The van der Waals surface area contributed by atoms with E-state index in [1.54, 1.807) is 0 Å². The summed E-state index contributed by atoms with van der Waals surface area (Å²) in [5.74, 6) is 0. The Bertz CT molecular complexity index is 3360. The number of hydrogen-bond donors (Lipinski definition) is 0. The molecule has 0 unspecified atom stereocenters. The predicted molar refractivity (Wildman–Crippen MR) is 246 cm³/mol. The van der Waals surface area contributed by atoms with Crippen LogP contribution >= 0.6 is 22.7 Å². The molecule has 260 valence electrons. The summed E-state index contributed by atoms with van der Waals surface area (Å²) in [6.07, 6.45) is 0. The molecule has 2 aromatic heterocycles. The van der Waals surface area contributed by atoms with Gasteiger partial charge in [0.25, 0.3) is 0 Å². The van der Waals surface area contributed by atoms with Gasteiger partial charge in [-0.15, -0.1) is 22.7 Å². The summed E-state index contributed by atoms with van der Waals surface area (Å²) >= 11 is 3.77. The van der Waals surface area contributed by atoms with Crippen LogP contribution in [0.15, 0.2) is 194 Å². The van der Waals surface area contributed by atoms with E-state index in [4.69, 9.17) is 0 Å². The molecule has 12 rings (SSSR count). The van der Waals surface area contributed by atoms with Gasteiger partial charge in [-0.25, -0.2) is 0 Å². The molecule has 0 N–H and O–H groups in total. The van der Waals surface area contributed by atoms with Gasteiger partial charge in [0.05, 0.1) is 0 Å². The highest BCUT2D eigenvalue weighted by molar-refractivity contribution is 7.26. The Hall–Kier alpha value is -6.58. The summed E-state index contributed by atoms with van der Waals surface area (Å²) in [4.78, 5) is 0. The minimum absolute atomic E-state index is 1.23. The summed E-state index contributed by atoms with van der Waals surface area (Å²) in [5.41, 5.74) is 10.1. The zero-order chi connectivity index (χ0) is 36.7. The Balaban J connectivity index is 1.24. The summed E-state index contributed by atoms with van der Waals surface area (Å²) < 4.78 is 5.29. The molecule has 0 fully saturated rings. The Morgan fingerprint density at radius 2 is 0.714 bits per heavy atom.